The number of rotatable bonds is 7. The molecule has 5 nitrogen and oxygen atoms in total. The van der Waals surface area contributed by atoms with E-state index in [1.807, 2.05) is 53.4 Å². The minimum atomic E-state index is 0.0484. The summed E-state index contributed by atoms with van der Waals surface area (Å²) in [4.78, 5) is 19.8. The van der Waals surface area contributed by atoms with Crippen LogP contribution in [0.15, 0.2) is 71.2 Å². The number of carbonyl (C=O) groups excluding carboxylic acids is 1. The third-order valence-corrected chi connectivity index (χ3v) is 7.10. The number of aryl methyl sites for hydroxylation is 3. The number of aromatic nitrogens is 2. The van der Waals surface area contributed by atoms with Gasteiger partial charge < -0.3 is 14.2 Å². The topological polar surface area (TPSA) is 47.4 Å². The standard InChI is InChI=1S/C28H28BrN3O2/c1-19-12-13-26(20(2)16-19)34-15-7-14-31-25-11-6-4-9-23(25)30-28(31)21-17-27(33)32(18-21)24-10-5-3-8-22(24)29/h3-6,8-13,16,21H,7,14-15,17-18H2,1-2H3. The summed E-state index contributed by atoms with van der Waals surface area (Å²) in [5.74, 6) is 2.10. The zero-order chi connectivity index (χ0) is 23.7. The first-order valence-corrected chi connectivity index (χ1v) is 12.5. The summed E-state index contributed by atoms with van der Waals surface area (Å²) < 4.78 is 9.28. The van der Waals surface area contributed by atoms with E-state index in [-0.39, 0.29) is 11.8 Å². The molecule has 3 aromatic carbocycles. The van der Waals surface area contributed by atoms with E-state index >= 15 is 0 Å². The van der Waals surface area contributed by atoms with Crippen molar-refractivity contribution in [1.29, 1.82) is 0 Å². The molecular weight excluding hydrogens is 490 g/mol. The van der Waals surface area contributed by atoms with E-state index < -0.39 is 0 Å². The molecule has 6 heteroatoms. The van der Waals surface area contributed by atoms with Gasteiger partial charge in [-0.25, -0.2) is 4.98 Å². The summed E-state index contributed by atoms with van der Waals surface area (Å²) in [6, 6.07) is 22.4. The highest BCUT2D eigenvalue weighted by Crippen LogP contribution is 2.36. The van der Waals surface area contributed by atoms with Crippen molar-refractivity contribution in [2.45, 2.75) is 39.2 Å². The Kier molecular flexibility index (Phi) is 6.42. The molecule has 174 valence electrons. The molecule has 34 heavy (non-hydrogen) atoms. The minimum Gasteiger partial charge on any atom is -0.493 e. The molecular formula is C28H28BrN3O2. The van der Waals surface area contributed by atoms with Gasteiger partial charge in [0, 0.05) is 29.9 Å². The minimum absolute atomic E-state index is 0.0484. The van der Waals surface area contributed by atoms with Crippen molar-refractivity contribution in [2.75, 3.05) is 18.1 Å². The highest BCUT2D eigenvalue weighted by Gasteiger charge is 2.35. The second-order valence-corrected chi connectivity index (χ2v) is 9.79. The van der Waals surface area contributed by atoms with Crippen molar-refractivity contribution >= 4 is 38.6 Å². The lowest BCUT2D eigenvalue weighted by atomic mass is 10.1. The highest BCUT2D eigenvalue weighted by molar-refractivity contribution is 9.10. The van der Waals surface area contributed by atoms with Crippen molar-refractivity contribution in [3.8, 4) is 5.75 Å². The van der Waals surface area contributed by atoms with Crippen molar-refractivity contribution in [1.82, 2.24) is 9.55 Å². The molecule has 0 radical (unpaired) electrons. The van der Waals surface area contributed by atoms with Crippen LogP contribution in [0.1, 0.15) is 35.7 Å². The van der Waals surface area contributed by atoms with E-state index in [1.54, 1.807) is 0 Å². The van der Waals surface area contributed by atoms with Crippen molar-refractivity contribution in [2.24, 2.45) is 0 Å². The number of hydrogen-bond acceptors (Lipinski definition) is 3. The van der Waals surface area contributed by atoms with Gasteiger partial charge in [-0.05, 0) is 72.1 Å². The van der Waals surface area contributed by atoms with E-state index in [4.69, 9.17) is 9.72 Å². The van der Waals surface area contributed by atoms with Gasteiger partial charge in [0.2, 0.25) is 5.91 Å². The lowest BCUT2D eigenvalue weighted by Gasteiger charge is -2.19. The molecule has 0 spiro atoms. The van der Waals surface area contributed by atoms with Crippen LogP contribution in [-0.4, -0.2) is 28.6 Å². The molecule has 0 aliphatic carbocycles. The van der Waals surface area contributed by atoms with Gasteiger partial charge in [0.05, 0.1) is 23.3 Å². The van der Waals surface area contributed by atoms with Crippen LogP contribution in [0.3, 0.4) is 0 Å². The van der Waals surface area contributed by atoms with Crippen LogP contribution in [0.25, 0.3) is 11.0 Å². The normalized spacial score (nSPS) is 15.9. The first kappa shape index (κ1) is 22.7. The molecule has 1 unspecified atom stereocenters. The van der Waals surface area contributed by atoms with Gasteiger partial charge >= 0.3 is 0 Å². The number of anilines is 1. The Balaban J connectivity index is 1.35. The van der Waals surface area contributed by atoms with Crippen LogP contribution in [-0.2, 0) is 11.3 Å². The van der Waals surface area contributed by atoms with E-state index in [2.05, 4.69) is 52.5 Å². The lowest BCUT2D eigenvalue weighted by molar-refractivity contribution is -0.117. The number of fused-ring (bicyclic) bond motifs is 1. The van der Waals surface area contributed by atoms with E-state index in [0.717, 1.165) is 51.3 Å². The quantitative estimate of drug-likeness (QED) is 0.266. The summed E-state index contributed by atoms with van der Waals surface area (Å²) in [5, 5.41) is 0. The number of halogens is 1. The van der Waals surface area contributed by atoms with E-state index in [1.165, 1.54) is 5.56 Å². The maximum absolute atomic E-state index is 13.0. The Morgan fingerprint density at radius 3 is 2.68 bits per heavy atom. The fourth-order valence-electron chi connectivity index (χ4n) is 4.79. The first-order chi connectivity index (χ1) is 16.5. The fraction of sp³-hybridized carbons (Fsp3) is 0.286. The predicted molar refractivity (Wildman–Crippen MR) is 140 cm³/mol. The second kappa shape index (κ2) is 9.63. The molecule has 1 fully saturated rings. The smallest absolute Gasteiger partial charge is 0.227 e. The van der Waals surface area contributed by atoms with Crippen LogP contribution in [0.4, 0.5) is 5.69 Å². The average molecular weight is 518 g/mol. The van der Waals surface area contributed by atoms with Crippen molar-refractivity contribution in [3.05, 3.63) is 88.2 Å². The maximum Gasteiger partial charge on any atom is 0.227 e. The van der Waals surface area contributed by atoms with Crippen LogP contribution in [0, 0.1) is 13.8 Å². The van der Waals surface area contributed by atoms with E-state index in [9.17, 15) is 4.79 Å². The number of amides is 1. The van der Waals surface area contributed by atoms with Crippen LogP contribution in [0.5, 0.6) is 5.75 Å². The van der Waals surface area contributed by atoms with Crippen molar-refractivity contribution < 1.29 is 9.53 Å². The summed E-state index contributed by atoms with van der Waals surface area (Å²) in [5.41, 5.74) is 5.39. The van der Waals surface area contributed by atoms with Gasteiger partial charge in [-0.15, -0.1) is 0 Å². The van der Waals surface area contributed by atoms with Crippen LogP contribution in [0.2, 0.25) is 0 Å². The monoisotopic (exact) mass is 517 g/mol. The number of benzene rings is 3. The van der Waals surface area contributed by atoms with E-state index in [0.29, 0.717) is 19.6 Å². The molecule has 1 aliphatic heterocycles. The molecule has 0 bridgehead atoms. The fourth-order valence-corrected chi connectivity index (χ4v) is 5.29. The predicted octanol–water partition coefficient (Wildman–Crippen LogP) is 6.41. The Bertz CT molecular complexity index is 1350. The van der Waals surface area contributed by atoms with Gasteiger partial charge in [0.1, 0.15) is 11.6 Å². The Morgan fingerprint density at radius 1 is 1.06 bits per heavy atom. The largest absolute Gasteiger partial charge is 0.493 e. The average Bonchev–Trinajstić information content (AvgIpc) is 3.38. The SMILES string of the molecule is Cc1ccc(OCCCn2c(C3CC(=O)N(c4ccccc4Br)C3)nc3ccccc32)c(C)c1. The number of carbonyl (C=O) groups is 1. The molecule has 5 rings (SSSR count). The summed E-state index contributed by atoms with van der Waals surface area (Å²) in [6.45, 7) is 6.22. The molecule has 0 N–H and O–H groups in total. The maximum atomic E-state index is 13.0. The van der Waals surface area contributed by atoms with Crippen LogP contribution < -0.4 is 9.64 Å². The molecule has 0 saturated carbocycles. The zero-order valence-electron chi connectivity index (χ0n) is 19.5. The number of hydrogen-bond donors (Lipinski definition) is 0. The Labute approximate surface area is 208 Å². The number of ether oxygens (including phenoxy) is 1. The van der Waals surface area contributed by atoms with Gasteiger partial charge in [-0.3, -0.25) is 4.79 Å². The molecule has 1 saturated heterocycles. The second-order valence-electron chi connectivity index (χ2n) is 8.94. The molecule has 2 heterocycles. The van der Waals surface area contributed by atoms with Gasteiger partial charge in [0.15, 0.2) is 0 Å². The number of imidazole rings is 1. The number of nitrogens with zero attached hydrogens (tertiary/aromatic N) is 3. The highest BCUT2D eigenvalue weighted by atomic mass is 79.9. The molecule has 1 aliphatic rings. The zero-order valence-corrected chi connectivity index (χ0v) is 21.1. The molecule has 4 aromatic rings. The lowest BCUT2D eigenvalue weighted by Crippen LogP contribution is -2.25. The number of para-hydroxylation sites is 3. The third-order valence-electron chi connectivity index (χ3n) is 6.43. The first-order valence-electron chi connectivity index (χ1n) is 11.7. The van der Waals surface area contributed by atoms with Gasteiger partial charge in [-0.1, -0.05) is 42.0 Å². The Hall–Kier alpha value is -3.12. The molecule has 1 amide bonds. The molecule has 1 atom stereocenters. The van der Waals surface area contributed by atoms with Gasteiger partial charge in [0.25, 0.3) is 0 Å². The van der Waals surface area contributed by atoms with Crippen molar-refractivity contribution in [3.63, 3.8) is 0 Å². The van der Waals surface area contributed by atoms with Crippen LogP contribution >= 0.6 is 15.9 Å². The summed E-state index contributed by atoms with van der Waals surface area (Å²) in [6.07, 6.45) is 1.32. The summed E-state index contributed by atoms with van der Waals surface area (Å²) in [7, 11) is 0. The van der Waals surface area contributed by atoms with Gasteiger partial charge in [-0.2, -0.15) is 0 Å². The third kappa shape index (κ3) is 4.47. The Morgan fingerprint density at radius 2 is 1.85 bits per heavy atom. The summed E-state index contributed by atoms with van der Waals surface area (Å²) >= 11 is 3.59. The molecule has 1 aromatic heterocycles.